The predicted molar refractivity (Wildman–Crippen MR) is 93.2 cm³/mol. The molecule has 1 saturated heterocycles. The number of hydrogen-bond donors (Lipinski definition) is 2. The fourth-order valence-corrected chi connectivity index (χ4v) is 3.25. The lowest BCUT2D eigenvalue weighted by Gasteiger charge is -2.35. The van der Waals surface area contributed by atoms with Crippen molar-refractivity contribution in [1.82, 2.24) is 19.4 Å². The maximum atomic E-state index is 13.0. The highest BCUT2D eigenvalue weighted by Crippen LogP contribution is 2.32. The van der Waals surface area contributed by atoms with Crippen LogP contribution in [0.15, 0.2) is 41.3 Å². The van der Waals surface area contributed by atoms with Crippen molar-refractivity contribution in [3.8, 4) is 11.1 Å². The van der Waals surface area contributed by atoms with Gasteiger partial charge in [-0.2, -0.15) is 13.2 Å². The van der Waals surface area contributed by atoms with E-state index in [-0.39, 0.29) is 11.8 Å². The van der Waals surface area contributed by atoms with E-state index in [9.17, 15) is 23.1 Å². The molecule has 3 heterocycles. The van der Waals surface area contributed by atoms with Gasteiger partial charge in [-0.1, -0.05) is 12.1 Å². The first-order valence-electron chi connectivity index (χ1n) is 8.48. The molecule has 6 nitrogen and oxygen atoms in total. The third kappa shape index (κ3) is 3.47. The third-order valence-electron chi connectivity index (χ3n) is 4.73. The molecule has 0 amide bonds. The van der Waals surface area contributed by atoms with Gasteiger partial charge in [0.25, 0.3) is 0 Å². The summed E-state index contributed by atoms with van der Waals surface area (Å²) >= 11 is 0. The summed E-state index contributed by atoms with van der Waals surface area (Å²) in [6.07, 6.45) is -3.30. The Bertz CT molecular complexity index is 1030. The lowest BCUT2D eigenvalue weighted by Crippen LogP contribution is -2.51. The molecule has 0 atom stereocenters. The van der Waals surface area contributed by atoms with Gasteiger partial charge in [0.15, 0.2) is 5.65 Å². The van der Waals surface area contributed by atoms with Crippen LogP contribution < -0.4 is 5.69 Å². The number of rotatable bonds is 4. The smallest absolute Gasteiger partial charge is 0.390 e. The lowest BCUT2D eigenvalue weighted by atomic mass is 10.0. The number of nitrogens with one attached hydrogen (secondary N) is 1. The Kier molecular flexibility index (Phi) is 4.27. The van der Waals surface area contributed by atoms with Crippen molar-refractivity contribution >= 4 is 11.2 Å². The molecule has 1 aliphatic rings. The van der Waals surface area contributed by atoms with Crippen LogP contribution in [-0.4, -0.2) is 50.3 Å². The Balaban J connectivity index is 1.67. The van der Waals surface area contributed by atoms with Crippen LogP contribution in [-0.2, 0) is 12.7 Å². The van der Waals surface area contributed by atoms with Gasteiger partial charge in [0.2, 0.25) is 0 Å². The molecule has 0 saturated carbocycles. The van der Waals surface area contributed by atoms with Crippen LogP contribution in [0.1, 0.15) is 5.56 Å². The van der Waals surface area contributed by atoms with Crippen molar-refractivity contribution in [3.05, 3.63) is 52.6 Å². The van der Waals surface area contributed by atoms with Gasteiger partial charge in [0.05, 0.1) is 17.2 Å². The van der Waals surface area contributed by atoms with Gasteiger partial charge in [0, 0.05) is 37.9 Å². The standard InChI is InChI=1S/C18H17F3N4O2/c19-18(20,21)13-3-1-2-11(6-13)12-7-15-16(22-8-12)23-17(27)25(15)5-4-24-9-14(26)10-24/h1-3,6-8,14,26H,4-5,9-10H2,(H,22,23,27). The Morgan fingerprint density at radius 1 is 1.19 bits per heavy atom. The number of β-amino-alcohol motifs (C(OH)–C–C–N with tert-alkyl or cyclic N) is 1. The molecule has 1 aliphatic heterocycles. The summed E-state index contributed by atoms with van der Waals surface area (Å²) in [5.74, 6) is 0. The fourth-order valence-electron chi connectivity index (χ4n) is 3.25. The van der Waals surface area contributed by atoms with Crippen molar-refractivity contribution < 1.29 is 18.3 Å². The molecular weight excluding hydrogens is 361 g/mol. The summed E-state index contributed by atoms with van der Waals surface area (Å²) in [6.45, 7) is 2.15. The first-order chi connectivity index (χ1) is 12.8. The molecule has 1 aromatic carbocycles. The number of aromatic nitrogens is 3. The minimum Gasteiger partial charge on any atom is -0.390 e. The summed E-state index contributed by atoms with van der Waals surface area (Å²) in [5, 5.41) is 9.34. The predicted octanol–water partition coefficient (Wildman–Crippen LogP) is 2.09. The number of halogens is 3. The first kappa shape index (κ1) is 17.7. The Labute approximate surface area is 151 Å². The van der Waals surface area contributed by atoms with E-state index in [0.717, 1.165) is 12.1 Å². The second kappa shape index (κ2) is 6.50. The summed E-state index contributed by atoms with van der Waals surface area (Å²) in [5.41, 5.74) is 0.754. The van der Waals surface area contributed by atoms with Crippen LogP contribution in [0.25, 0.3) is 22.3 Å². The highest BCUT2D eigenvalue weighted by atomic mass is 19.4. The Hall–Kier alpha value is -2.65. The molecule has 4 rings (SSSR count). The molecule has 0 aliphatic carbocycles. The quantitative estimate of drug-likeness (QED) is 0.729. The fraction of sp³-hybridized carbons (Fsp3) is 0.333. The number of alkyl halides is 3. The van der Waals surface area contributed by atoms with Gasteiger partial charge in [-0.05, 0) is 23.8 Å². The minimum absolute atomic E-state index is 0.320. The van der Waals surface area contributed by atoms with Gasteiger partial charge in [0.1, 0.15) is 0 Å². The number of likely N-dealkylation sites (tertiary alicyclic amines) is 1. The second-order valence-corrected chi connectivity index (χ2v) is 6.67. The molecule has 2 N–H and O–H groups in total. The number of benzene rings is 1. The summed E-state index contributed by atoms with van der Waals surface area (Å²) < 4.78 is 40.4. The molecule has 0 unspecified atom stereocenters. The molecule has 0 bridgehead atoms. The van der Waals surface area contributed by atoms with Crippen molar-refractivity contribution in [2.45, 2.75) is 18.8 Å². The van der Waals surface area contributed by atoms with Crippen molar-refractivity contribution in [1.29, 1.82) is 0 Å². The number of nitrogens with zero attached hydrogens (tertiary/aromatic N) is 3. The molecule has 142 valence electrons. The lowest BCUT2D eigenvalue weighted by molar-refractivity contribution is -0.137. The van der Waals surface area contributed by atoms with Gasteiger partial charge in [-0.25, -0.2) is 9.78 Å². The highest BCUT2D eigenvalue weighted by Gasteiger charge is 2.30. The molecule has 9 heteroatoms. The van der Waals surface area contributed by atoms with Crippen LogP contribution in [0.2, 0.25) is 0 Å². The number of imidazole rings is 1. The maximum absolute atomic E-state index is 13.0. The summed E-state index contributed by atoms with van der Waals surface area (Å²) in [7, 11) is 0. The van der Waals surface area contributed by atoms with E-state index < -0.39 is 11.7 Å². The van der Waals surface area contributed by atoms with E-state index in [1.165, 1.54) is 16.8 Å². The first-order valence-corrected chi connectivity index (χ1v) is 8.48. The number of aromatic amines is 1. The largest absolute Gasteiger partial charge is 0.416 e. The van der Waals surface area contributed by atoms with Crippen LogP contribution in [0.5, 0.6) is 0 Å². The zero-order valence-electron chi connectivity index (χ0n) is 14.2. The zero-order valence-corrected chi connectivity index (χ0v) is 14.2. The normalized spacial score (nSPS) is 16.0. The van der Waals surface area contributed by atoms with Crippen LogP contribution in [0.4, 0.5) is 13.2 Å². The second-order valence-electron chi connectivity index (χ2n) is 6.67. The number of aliphatic hydroxyl groups is 1. The van der Waals surface area contributed by atoms with E-state index >= 15 is 0 Å². The summed E-state index contributed by atoms with van der Waals surface area (Å²) in [4.78, 5) is 21.1. The molecule has 3 aromatic rings. The van der Waals surface area contributed by atoms with Crippen LogP contribution in [0, 0.1) is 0 Å². The van der Waals surface area contributed by atoms with E-state index in [4.69, 9.17) is 0 Å². The van der Waals surface area contributed by atoms with Crippen LogP contribution in [0.3, 0.4) is 0 Å². The number of hydrogen-bond acceptors (Lipinski definition) is 4. The molecule has 27 heavy (non-hydrogen) atoms. The van der Waals surface area contributed by atoms with Gasteiger partial charge in [-0.15, -0.1) is 0 Å². The van der Waals surface area contributed by atoms with Gasteiger partial charge >= 0.3 is 11.9 Å². The van der Waals surface area contributed by atoms with E-state index in [1.54, 1.807) is 12.1 Å². The molecule has 2 aromatic heterocycles. The van der Waals surface area contributed by atoms with E-state index in [2.05, 4.69) is 9.97 Å². The number of H-pyrrole nitrogens is 1. The Morgan fingerprint density at radius 3 is 2.67 bits per heavy atom. The maximum Gasteiger partial charge on any atom is 0.416 e. The number of pyridine rings is 1. The van der Waals surface area contributed by atoms with Crippen molar-refractivity contribution in [2.75, 3.05) is 19.6 Å². The van der Waals surface area contributed by atoms with Crippen molar-refractivity contribution in [2.24, 2.45) is 0 Å². The van der Waals surface area contributed by atoms with Crippen molar-refractivity contribution in [3.63, 3.8) is 0 Å². The van der Waals surface area contributed by atoms with E-state index in [1.807, 2.05) is 4.90 Å². The molecule has 0 radical (unpaired) electrons. The van der Waals surface area contributed by atoms with Gasteiger partial charge < -0.3 is 5.11 Å². The topological polar surface area (TPSA) is 74.2 Å². The molecule has 1 fully saturated rings. The molecular formula is C18H17F3N4O2. The molecule has 0 spiro atoms. The Morgan fingerprint density at radius 2 is 1.96 bits per heavy atom. The van der Waals surface area contributed by atoms with Gasteiger partial charge in [-0.3, -0.25) is 14.5 Å². The average Bonchev–Trinajstić information content (AvgIpc) is 2.91. The van der Waals surface area contributed by atoms with Crippen LogP contribution >= 0.6 is 0 Å². The highest BCUT2D eigenvalue weighted by molar-refractivity contribution is 5.78. The zero-order chi connectivity index (χ0) is 19.2. The monoisotopic (exact) mass is 378 g/mol. The SMILES string of the molecule is O=c1[nH]c2ncc(-c3cccc(C(F)(F)F)c3)cc2n1CCN1CC(O)C1. The minimum atomic E-state index is -4.43. The van der Waals surface area contributed by atoms with E-state index in [0.29, 0.717) is 48.5 Å². The average molecular weight is 378 g/mol. The number of aliphatic hydroxyl groups excluding tert-OH is 1. The third-order valence-corrected chi connectivity index (χ3v) is 4.73. The summed E-state index contributed by atoms with van der Waals surface area (Å²) in [6, 6.07) is 6.68. The number of fused-ring (bicyclic) bond motifs is 1.